The number of nitrogens with zero attached hydrogens (tertiary/aromatic N) is 1. The van der Waals surface area contributed by atoms with Crippen LogP contribution in [0.1, 0.15) is 66.8 Å². The van der Waals surface area contributed by atoms with E-state index in [1.165, 1.54) is 0 Å². The molecule has 1 fully saturated rings. The summed E-state index contributed by atoms with van der Waals surface area (Å²) in [5.74, 6) is 0. The zero-order valence-electron chi connectivity index (χ0n) is 16.7. The van der Waals surface area contributed by atoms with Crippen LogP contribution in [0.25, 0.3) is 0 Å². The topological polar surface area (TPSA) is 12.4 Å². The molecule has 2 aromatic rings. The van der Waals surface area contributed by atoms with E-state index in [4.69, 9.17) is 4.99 Å². The third-order valence-electron chi connectivity index (χ3n) is 6.71. The lowest BCUT2D eigenvalue weighted by molar-refractivity contribution is -0.156. The Balaban J connectivity index is 2.00. The van der Waals surface area contributed by atoms with E-state index < -0.39 is 23.6 Å². The first-order valence-electron chi connectivity index (χ1n) is 9.99. The minimum Gasteiger partial charge on any atom is -0.276 e. The van der Waals surface area contributed by atoms with Gasteiger partial charge in [-0.1, -0.05) is 73.4 Å². The third-order valence-corrected chi connectivity index (χ3v) is 6.71. The highest BCUT2D eigenvalue weighted by molar-refractivity contribution is 6.15. The van der Waals surface area contributed by atoms with Gasteiger partial charge in [0.25, 0.3) is 0 Å². The van der Waals surface area contributed by atoms with Crippen molar-refractivity contribution in [2.24, 2.45) is 4.99 Å². The maximum Gasteiger partial charge on any atom is 0.391 e. The van der Waals surface area contributed by atoms with E-state index in [2.05, 4.69) is 6.07 Å². The summed E-state index contributed by atoms with van der Waals surface area (Å²) < 4.78 is 41.2. The molecule has 1 aliphatic heterocycles. The van der Waals surface area contributed by atoms with Crippen LogP contribution >= 0.6 is 0 Å². The van der Waals surface area contributed by atoms with Gasteiger partial charge in [-0.2, -0.15) is 13.2 Å². The van der Waals surface area contributed by atoms with E-state index >= 15 is 0 Å². The van der Waals surface area contributed by atoms with Crippen LogP contribution in [0.2, 0.25) is 0 Å². The van der Waals surface area contributed by atoms with E-state index in [1.54, 1.807) is 0 Å². The first-order chi connectivity index (χ1) is 13.1. The van der Waals surface area contributed by atoms with E-state index in [9.17, 15) is 13.2 Å². The van der Waals surface area contributed by atoms with E-state index in [-0.39, 0.29) is 0 Å². The number of fused-ring (bicyclic) bond motifs is 3. The summed E-state index contributed by atoms with van der Waals surface area (Å²) in [5.41, 5.74) is 4.08. The Morgan fingerprint density at radius 3 is 2.25 bits per heavy atom. The summed E-state index contributed by atoms with van der Waals surface area (Å²) >= 11 is 0. The Labute approximate surface area is 164 Å². The van der Waals surface area contributed by atoms with Crippen molar-refractivity contribution >= 4 is 5.71 Å². The standard InChI is InChI=1S/C24H26F3N/c1-16-6-9-18(10-7-16)21-19-11-8-17(2)14-20(19)22(3)12-4-5-13-23(22,28-21)15-24(25,26)27/h6-11,14H,4-5,12-13,15H2,1-3H3. The molecule has 1 heterocycles. The number of aryl methyl sites for hydroxylation is 2. The third kappa shape index (κ3) is 3.07. The fourth-order valence-electron chi connectivity index (χ4n) is 5.15. The molecule has 2 aliphatic rings. The molecule has 0 radical (unpaired) electrons. The molecule has 4 heteroatoms. The van der Waals surface area contributed by atoms with Crippen molar-refractivity contribution in [2.45, 2.75) is 70.0 Å². The molecule has 2 unspecified atom stereocenters. The van der Waals surface area contributed by atoms with Crippen molar-refractivity contribution in [3.63, 3.8) is 0 Å². The molecule has 1 aliphatic carbocycles. The lowest BCUT2D eigenvalue weighted by atomic mass is 9.55. The monoisotopic (exact) mass is 385 g/mol. The van der Waals surface area contributed by atoms with Gasteiger partial charge in [0.15, 0.2) is 0 Å². The van der Waals surface area contributed by atoms with Gasteiger partial charge in [0.05, 0.1) is 17.7 Å². The molecular weight excluding hydrogens is 359 g/mol. The lowest BCUT2D eigenvalue weighted by Crippen LogP contribution is -2.56. The van der Waals surface area contributed by atoms with Crippen molar-refractivity contribution in [3.05, 3.63) is 70.3 Å². The molecule has 2 aromatic carbocycles. The molecule has 0 amide bonds. The molecule has 0 spiro atoms. The number of hydrogen-bond donors (Lipinski definition) is 0. The fourth-order valence-corrected chi connectivity index (χ4v) is 5.15. The quantitative estimate of drug-likeness (QED) is 0.547. The van der Waals surface area contributed by atoms with Crippen molar-refractivity contribution in [2.75, 3.05) is 0 Å². The lowest BCUT2D eigenvalue weighted by Gasteiger charge is -2.53. The normalized spacial score (nSPS) is 27.0. The Morgan fingerprint density at radius 1 is 0.929 bits per heavy atom. The van der Waals surface area contributed by atoms with Crippen molar-refractivity contribution in [1.82, 2.24) is 0 Å². The van der Waals surface area contributed by atoms with Crippen molar-refractivity contribution < 1.29 is 13.2 Å². The average molecular weight is 385 g/mol. The van der Waals surface area contributed by atoms with E-state index in [0.29, 0.717) is 12.1 Å². The smallest absolute Gasteiger partial charge is 0.276 e. The van der Waals surface area contributed by atoms with Crippen LogP contribution in [0, 0.1) is 13.8 Å². The van der Waals surface area contributed by atoms with Crippen LogP contribution in [-0.4, -0.2) is 17.4 Å². The SMILES string of the molecule is Cc1ccc(C2=NC3(CC(F)(F)F)CCCCC3(C)c3cc(C)ccc32)cc1. The minimum atomic E-state index is -4.25. The van der Waals surface area contributed by atoms with Gasteiger partial charge >= 0.3 is 6.18 Å². The summed E-state index contributed by atoms with van der Waals surface area (Å²) in [7, 11) is 0. The van der Waals surface area contributed by atoms with Gasteiger partial charge in [0.1, 0.15) is 0 Å². The molecule has 0 aromatic heterocycles. The van der Waals surface area contributed by atoms with Crippen LogP contribution in [0.4, 0.5) is 13.2 Å². The molecule has 0 saturated heterocycles. The first kappa shape index (κ1) is 19.2. The minimum absolute atomic E-state index is 0.478. The zero-order valence-corrected chi connectivity index (χ0v) is 16.7. The summed E-state index contributed by atoms with van der Waals surface area (Å²) in [6, 6.07) is 14.1. The Hall–Kier alpha value is -2.10. The largest absolute Gasteiger partial charge is 0.391 e. The second-order valence-corrected chi connectivity index (χ2v) is 8.74. The Morgan fingerprint density at radius 2 is 1.57 bits per heavy atom. The number of hydrogen-bond acceptors (Lipinski definition) is 1. The number of benzene rings is 2. The van der Waals surface area contributed by atoms with Gasteiger partial charge in [0, 0.05) is 16.5 Å². The molecule has 4 rings (SSSR count). The van der Waals surface area contributed by atoms with Crippen LogP contribution in [0.5, 0.6) is 0 Å². The molecule has 0 N–H and O–H groups in total. The molecule has 148 valence electrons. The van der Waals surface area contributed by atoms with E-state index in [1.807, 2.05) is 57.2 Å². The average Bonchev–Trinajstić information content (AvgIpc) is 2.61. The molecule has 1 saturated carbocycles. The Bertz CT molecular complexity index is 926. The summed E-state index contributed by atoms with van der Waals surface area (Å²) in [6.07, 6.45) is -2.16. The van der Waals surface area contributed by atoms with E-state index in [0.717, 1.165) is 47.1 Å². The molecular formula is C24H26F3N. The van der Waals surface area contributed by atoms with Crippen molar-refractivity contribution in [1.29, 1.82) is 0 Å². The van der Waals surface area contributed by atoms with Crippen LogP contribution < -0.4 is 0 Å². The van der Waals surface area contributed by atoms with Gasteiger partial charge < -0.3 is 0 Å². The summed E-state index contributed by atoms with van der Waals surface area (Å²) in [4.78, 5) is 4.96. The molecule has 2 atom stereocenters. The second kappa shape index (κ2) is 6.47. The van der Waals surface area contributed by atoms with Crippen LogP contribution in [0.3, 0.4) is 0 Å². The van der Waals surface area contributed by atoms with Gasteiger partial charge in [-0.15, -0.1) is 0 Å². The molecule has 1 nitrogen and oxygen atoms in total. The molecule has 0 bridgehead atoms. The number of halogens is 3. The van der Waals surface area contributed by atoms with Gasteiger partial charge in [0.2, 0.25) is 0 Å². The number of alkyl halides is 3. The maximum absolute atomic E-state index is 13.7. The van der Waals surface area contributed by atoms with Gasteiger partial charge in [-0.05, 0) is 32.3 Å². The fraction of sp³-hybridized carbons (Fsp3) is 0.458. The number of aliphatic imine (C=N–C) groups is 1. The predicted molar refractivity (Wildman–Crippen MR) is 107 cm³/mol. The first-order valence-corrected chi connectivity index (χ1v) is 9.99. The van der Waals surface area contributed by atoms with Crippen LogP contribution in [0.15, 0.2) is 47.5 Å². The van der Waals surface area contributed by atoms with Gasteiger partial charge in [-0.3, -0.25) is 4.99 Å². The maximum atomic E-state index is 13.7. The molecule has 28 heavy (non-hydrogen) atoms. The van der Waals surface area contributed by atoms with Crippen LogP contribution in [-0.2, 0) is 5.41 Å². The predicted octanol–water partition coefficient (Wildman–Crippen LogP) is 6.68. The summed E-state index contributed by atoms with van der Waals surface area (Å²) in [6.45, 7) is 6.02. The van der Waals surface area contributed by atoms with Crippen molar-refractivity contribution in [3.8, 4) is 0 Å². The summed E-state index contributed by atoms with van der Waals surface area (Å²) in [5, 5.41) is 0. The highest BCUT2D eigenvalue weighted by Gasteiger charge is 2.58. The Kier molecular flexibility index (Phi) is 4.44. The highest BCUT2D eigenvalue weighted by atomic mass is 19.4. The second-order valence-electron chi connectivity index (χ2n) is 8.74. The van der Waals surface area contributed by atoms with Gasteiger partial charge in [-0.25, -0.2) is 0 Å². The highest BCUT2D eigenvalue weighted by Crippen LogP contribution is 2.56. The zero-order chi connectivity index (χ0) is 20.2. The number of rotatable bonds is 2.